The number of rotatable bonds is 5. The van der Waals surface area contributed by atoms with E-state index in [1.54, 1.807) is 17.4 Å². The largest absolute Gasteiger partial charge is 0.313 e. The summed E-state index contributed by atoms with van der Waals surface area (Å²) in [6, 6.07) is 13.6. The van der Waals surface area contributed by atoms with Crippen molar-refractivity contribution in [1.82, 2.24) is 5.32 Å². The van der Waals surface area contributed by atoms with E-state index in [0.717, 1.165) is 18.2 Å². The third kappa shape index (κ3) is 2.99. The monoisotopic (exact) mass is 299 g/mol. The van der Waals surface area contributed by atoms with E-state index in [2.05, 4.69) is 22.1 Å². The maximum Gasteiger partial charge on any atom is 0.131 e. The summed E-state index contributed by atoms with van der Waals surface area (Å²) in [6.07, 6.45) is 2.03. The van der Waals surface area contributed by atoms with Crippen molar-refractivity contribution in [2.45, 2.75) is 18.9 Å². The van der Waals surface area contributed by atoms with Crippen LogP contribution in [-0.4, -0.2) is 7.05 Å². The van der Waals surface area contributed by atoms with Crippen molar-refractivity contribution in [1.29, 1.82) is 0 Å². The summed E-state index contributed by atoms with van der Waals surface area (Å²) in [5, 5.41) is 9.37. The quantitative estimate of drug-likeness (QED) is 0.704. The van der Waals surface area contributed by atoms with Crippen molar-refractivity contribution in [2.75, 3.05) is 7.05 Å². The molecule has 0 bridgehead atoms. The highest BCUT2D eigenvalue weighted by atomic mass is 32.1. The number of hydrogen-bond acceptors (Lipinski definition) is 2. The highest BCUT2D eigenvalue weighted by molar-refractivity contribution is 7.07. The SMILES string of the molecule is CNC(CCc1ccsc1)c1ccc(F)c2ccccc12. The molecule has 0 aliphatic heterocycles. The molecule has 3 aromatic rings. The van der Waals surface area contributed by atoms with Gasteiger partial charge in [0.1, 0.15) is 5.82 Å². The molecule has 3 rings (SSSR count). The van der Waals surface area contributed by atoms with E-state index in [0.29, 0.717) is 5.39 Å². The third-order valence-corrected chi connectivity index (χ3v) is 4.66. The number of nitrogens with one attached hydrogen (secondary N) is 1. The molecule has 1 unspecified atom stereocenters. The minimum atomic E-state index is -0.151. The molecule has 0 radical (unpaired) electrons. The fourth-order valence-electron chi connectivity index (χ4n) is 2.79. The summed E-state index contributed by atoms with van der Waals surface area (Å²) >= 11 is 1.73. The number of halogens is 1. The number of thiophene rings is 1. The van der Waals surface area contributed by atoms with Crippen LogP contribution in [0.15, 0.2) is 53.2 Å². The van der Waals surface area contributed by atoms with Crippen LogP contribution in [0.5, 0.6) is 0 Å². The second kappa shape index (κ2) is 6.37. The first kappa shape index (κ1) is 14.2. The van der Waals surface area contributed by atoms with E-state index in [-0.39, 0.29) is 11.9 Å². The summed E-state index contributed by atoms with van der Waals surface area (Å²) in [5.74, 6) is -0.151. The average Bonchev–Trinajstić information content (AvgIpc) is 3.03. The summed E-state index contributed by atoms with van der Waals surface area (Å²) in [6.45, 7) is 0. The molecule has 1 heterocycles. The molecule has 0 saturated heterocycles. The van der Waals surface area contributed by atoms with Crippen LogP contribution in [0.3, 0.4) is 0 Å². The second-order valence-corrected chi connectivity index (χ2v) is 5.97. The molecule has 3 heteroatoms. The van der Waals surface area contributed by atoms with Crippen LogP contribution in [-0.2, 0) is 6.42 Å². The van der Waals surface area contributed by atoms with E-state index < -0.39 is 0 Å². The average molecular weight is 299 g/mol. The highest BCUT2D eigenvalue weighted by Gasteiger charge is 2.14. The van der Waals surface area contributed by atoms with Gasteiger partial charge in [-0.25, -0.2) is 4.39 Å². The van der Waals surface area contributed by atoms with Crippen molar-refractivity contribution < 1.29 is 4.39 Å². The Morgan fingerprint density at radius 3 is 2.62 bits per heavy atom. The predicted molar refractivity (Wildman–Crippen MR) is 88.3 cm³/mol. The van der Waals surface area contributed by atoms with Gasteiger partial charge in [0, 0.05) is 11.4 Å². The molecule has 108 valence electrons. The second-order valence-electron chi connectivity index (χ2n) is 5.19. The Morgan fingerprint density at radius 1 is 1.10 bits per heavy atom. The fourth-order valence-corrected chi connectivity index (χ4v) is 3.49. The van der Waals surface area contributed by atoms with Crippen molar-refractivity contribution >= 4 is 22.1 Å². The summed E-state index contributed by atoms with van der Waals surface area (Å²) < 4.78 is 13.9. The lowest BCUT2D eigenvalue weighted by Crippen LogP contribution is -2.17. The molecule has 0 aliphatic carbocycles. The topological polar surface area (TPSA) is 12.0 Å². The number of aryl methyl sites for hydroxylation is 1. The van der Waals surface area contributed by atoms with Crippen LogP contribution < -0.4 is 5.32 Å². The maximum absolute atomic E-state index is 13.9. The molecule has 0 aliphatic rings. The van der Waals surface area contributed by atoms with Crippen molar-refractivity contribution in [3.63, 3.8) is 0 Å². The van der Waals surface area contributed by atoms with Crippen LogP contribution in [0.2, 0.25) is 0 Å². The van der Waals surface area contributed by atoms with Gasteiger partial charge in [-0.2, -0.15) is 11.3 Å². The van der Waals surface area contributed by atoms with Gasteiger partial charge in [-0.15, -0.1) is 0 Å². The summed E-state index contributed by atoms with van der Waals surface area (Å²) in [4.78, 5) is 0. The number of hydrogen-bond donors (Lipinski definition) is 1. The molecule has 0 saturated carbocycles. The molecule has 0 spiro atoms. The molecular weight excluding hydrogens is 281 g/mol. The van der Waals surface area contributed by atoms with Gasteiger partial charge < -0.3 is 5.32 Å². The molecule has 21 heavy (non-hydrogen) atoms. The summed E-state index contributed by atoms with van der Waals surface area (Å²) in [7, 11) is 1.97. The fraction of sp³-hybridized carbons (Fsp3) is 0.222. The Hall–Kier alpha value is -1.71. The molecular formula is C18H18FNS. The number of benzene rings is 2. The van der Waals surface area contributed by atoms with Gasteiger partial charge in [0.2, 0.25) is 0 Å². The lowest BCUT2D eigenvalue weighted by Gasteiger charge is -2.19. The van der Waals surface area contributed by atoms with Gasteiger partial charge in [0.05, 0.1) is 0 Å². The van der Waals surface area contributed by atoms with Crippen molar-refractivity contribution in [3.05, 3.63) is 70.2 Å². The van der Waals surface area contributed by atoms with Crippen LogP contribution in [0.1, 0.15) is 23.6 Å². The molecule has 1 nitrogen and oxygen atoms in total. The van der Waals surface area contributed by atoms with Gasteiger partial charge in [0.15, 0.2) is 0 Å². The zero-order valence-corrected chi connectivity index (χ0v) is 12.8. The molecule has 2 aromatic carbocycles. The first-order valence-electron chi connectivity index (χ1n) is 7.15. The smallest absolute Gasteiger partial charge is 0.131 e. The maximum atomic E-state index is 13.9. The zero-order valence-electron chi connectivity index (χ0n) is 12.0. The minimum Gasteiger partial charge on any atom is -0.313 e. The number of fused-ring (bicyclic) bond motifs is 1. The Morgan fingerprint density at radius 2 is 1.90 bits per heavy atom. The van der Waals surface area contributed by atoms with E-state index in [1.807, 2.05) is 37.4 Å². The molecule has 0 fully saturated rings. The van der Waals surface area contributed by atoms with Gasteiger partial charge in [-0.1, -0.05) is 30.3 Å². The third-order valence-electron chi connectivity index (χ3n) is 3.93. The normalized spacial score (nSPS) is 12.7. The lowest BCUT2D eigenvalue weighted by molar-refractivity contribution is 0.552. The van der Waals surface area contributed by atoms with E-state index in [1.165, 1.54) is 11.1 Å². The Bertz CT molecular complexity index is 721. The van der Waals surface area contributed by atoms with Crippen molar-refractivity contribution in [2.24, 2.45) is 0 Å². The minimum absolute atomic E-state index is 0.151. The Kier molecular flexibility index (Phi) is 4.32. The van der Waals surface area contributed by atoms with Gasteiger partial charge in [-0.05, 0) is 59.3 Å². The van der Waals surface area contributed by atoms with Gasteiger partial charge >= 0.3 is 0 Å². The van der Waals surface area contributed by atoms with Crippen LogP contribution in [0.4, 0.5) is 4.39 Å². The van der Waals surface area contributed by atoms with E-state index >= 15 is 0 Å². The lowest BCUT2D eigenvalue weighted by atomic mass is 9.94. The van der Waals surface area contributed by atoms with E-state index in [4.69, 9.17) is 0 Å². The zero-order chi connectivity index (χ0) is 14.7. The molecule has 1 aromatic heterocycles. The Balaban J connectivity index is 1.91. The van der Waals surface area contributed by atoms with Gasteiger partial charge in [0.25, 0.3) is 0 Å². The van der Waals surface area contributed by atoms with Crippen LogP contribution >= 0.6 is 11.3 Å². The molecule has 0 amide bonds. The van der Waals surface area contributed by atoms with Crippen LogP contribution in [0.25, 0.3) is 10.8 Å². The summed E-state index contributed by atoms with van der Waals surface area (Å²) in [5.41, 5.74) is 2.54. The Labute approximate surface area is 128 Å². The first-order valence-corrected chi connectivity index (χ1v) is 8.09. The van der Waals surface area contributed by atoms with Crippen molar-refractivity contribution in [3.8, 4) is 0 Å². The molecule has 1 atom stereocenters. The standard InChI is InChI=1S/C18H18FNS/c1-20-18(9-6-13-10-11-21-12-13)16-7-8-17(19)15-5-3-2-4-14(15)16/h2-5,7-8,10-12,18,20H,6,9H2,1H3. The van der Waals surface area contributed by atoms with Crippen LogP contribution in [0, 0.1) is 5.82 Å². The predicted octanol–water partition coefficient (Wildman–Crippen LogP) is 4.93. The molecule has 1 N–H and O–H groups in total. The highest BCUT2D eigenvalue weighted by Crippen LogP contribution is 2.29. The van der Waals surface area contributed by atoms with E-state index in [9.17, 15) is 4.39 Å². The first-order chi connectivity index (χ1) is 10.3. The van der Waals surface area contributed by atoms with Gasteiger partial charge in [-0.3, -0.25) is 0 Å².